The minimum absolute atomic E-state index is 0.0111. The van der Waals surface area contributed by atoms with Gasteiger partial charge in [-0.05, 0) is 47.2 Å². The molecule has 0 radical (unpaired) electrons. The van der Waals surface area contributed by atoms with Crippen LogP contribution in [0.5, 0.6) is 0 Å². The van der Waals surface area contributed by atoms with Crippen molar-refractivity contribution >= 4 is 45.8 Å². The van der Waals surface area contributed by atoms with E-state index in [0.717, 1.165) is 40.3 Å². The van der Waals surface area contributed by atoms with Gasteiger partial charge in [0.05, 0.1) is 13.0 Å². The van der Waals surface area contributed by atoms with Crippen LogP contribution in [0.4, 0.5) is 0 Å². The summed E-state index contributed by atoms with van der Waals surface area (Å²) < 4.78 is 0. The smallest absolute Gasteiger partial charge is 0.248 e. The molecule has 1 N–H and O–H groups in total. The lowest BCUT2D eigenvalue weighted by Crippen LogP contribution is -2.46. The fourth-order valence-corrected chi connectivity index (χ4v) is 6.19. The van der Waals surface area contributed by atoms with Crippen molar-refractivity contribution in [3.63, 3.8) is 0 Å². The zero-order valence-corrected chi connectivity index (χ0v) is 19.2. The van der Waals surface area contributed by atoms with Gasteiger partial charge in [-0.2, -0.15) is 0 Å². The molecule has 1 aliphatic carbocycles. The second-order valence-electron chi connectivity index (χ2n) is 7.62. The number of nitrogens with zero attached hydrogens (tertiary/aromatic N) is 1. The maximum Gasteiger partial charge on any atom is 0.248 e. The summed E-state index contributed by atoms with van der Waals surface area (Å²) in [5, 5.41) is 9.23. The van der Waals surface area contributed by atoms with Gasteiger partial charge in [-0.3, -0.25) is 9.59 Å². The molecule has 2 amide bonds. The average molecular weight is 459 g/mol. The number of hydrogen-bond donors (Lipinski definition) is 1. The molecule has 0 unspecified atom stereocenters. The van der Waals surface area contributed by atoms with Crippen LogP contribution < -0.4 is 5.32 Å². The van der Waals surface area contributed by atoms with Crippen molar-refractivity contribution in [3.05, 3.63) is 67.2 Å². The maximum atomic E-state index is 13.5. The number of hydrogen-bond acceptors (Lipinski definition) is 5. The fraction of sp³-hybridized carbons (Fsp3) is 0.391. The van der Waals surface area contributed by atoms with Crippen molar-refractivity contribution in [3.8, 4) is 0 Å². The van der Waals surface area contributed by atoms with E-state index in [-0.39, 0.29) is 17.9 Å². The molecule has 0 spiro atoms. The van der Waals surface area contributed by atoms with Crippen molar-refractivity contribution in [2.45, 2.75) is 57.2 Å². The minimum Gasteiger partial charge on any atom is -0.351 e. The van der Waals surface area contributed by atoms with Gasteiger partial charge >= 0.3 is 0 Å². The fourth-order valence-electron chi connectivity index (χ4n) is 3.96. The van der Waals surface area contributed by atoms with Crippen LogP contribution in [0.1, 0.15) is 52.8 Å². The number of nitrogens with one attached hydrogen (secondary N) is 1. The average Bonchev–Trinajstić information content (AvgIpc) is 3.52. The Morgan fingerprint density at radius 2 is 1.60 bits per heavy atom. The third-order valence-corrected chi connectivity index (χ3v) is 8.12. The monoisotopic (exact) mass is 458 g/mol. The van der Waals surface area contributed by atoms with Gasteiger partial charge < -0.3 is 10.2 Å². The molecule has 158 valence electrons. The summed E-state index contributed by atoms with van der Waals surface area (Å²) in [7, 11) is 0. The van der Waals surface area contributed by atoms with Crippen molar-refractivity contribution in [1.29, 1.82) is 0 Å². The Morgan fingerprint density at radius 1 is 0.933 bits per heavy atom. The summed E-state index contributed by atoms with van der Waals surface area (Å²) >= 11 is 4.74. The van der Waals surface area contributed by atoms with Crippen molar-refractivity contribution in [2.75, 3.05) is 0 Å². The quantitative estimate of drug-likeness (QED) is 0.475. The summed E-state index contributed by atoms with van der Waals surface area (Å²) in [6.07, 6.45) is 5.93. The van der Waals surface area contributed by atoms with Crippen molar-refractivity contribution in [2.24, 2.45) is 0 Å². The molecule has 30 heavy (non-hydrogen) atoms. The normalized spacial score (nSPS) is 15.6. The van der Waals surface area contributed by atoms with Gasteiger partial charge in [0.15, 0.2) is 0 Å². The lowest BCUT2D eigenvalue weighted by Gasteiger charge is -2.32. The molecule has 4 rings (SSSR count). The molecule has 1 fully saturated rings. The second kappa shape index (κ2) is 10.4. The SMILES string of the molecule is O=C(NC1CCCCC1)[C@@H](c1cccs1)N(Cc1cccs1)C(=O)Cc1cccs1. The Balaban J connectivity index is 1.61. The Bertz CT molecular complexity index is 914. The van der Waals surface area contributed by atoms with Gasteiger partial charge in [-0.1, -0.05) is 37.5 Å². The second-order valence-corrected chi connectivity index (χ2v) is 10.7. The Kier molecular flexibility index (Phi) is 7.36. The standard InChI is InChI=1S/C23H26N2O2S3/c26-21(15-18-9-4-12-28-18)25(16-19-10-5-13-29-19)22(20-11-6-14-30-20)23(27)24-17-7-2-1-3-8-17/h4-6,9-14,17,22H,1-3,7-8,15-16H2,(H,24,27)/t22-/m1/s1. The van der Waals surface area contributed by atoms with Crippen LogP contribution in [-0.4, -0.2) is 22.8 Å². The predicted octanol–water partition coefficient (Wildman–Crippen LogP) is 5.63. The predicted molar refractivity (Wildman–Crippen MR) is 125 cm³/mol. The van der Waals surface area contributed by atoms with Gasteiger partial charge in [-0.15, -0.1) is 34.0 Å². The number of carbonyl (C=O) groups excluding carboxylic acids is 2. The van der Waals surface area contributed by atoms with Gasteiger partial charge in [0.1, 0.15) is 6.04 Å². The molecule has 1 aliphatic rings. The van der Waals surface area contributed by atoms with Crippen LogP contribution in [-0.2, 0) is 22.6 Å². The lowest BCUT2D eigenvalue weighted by molar-refractivity contribution is -0.141. The van der Waals surface area contributed by atoms with Crippen LogP contribution in [0.25, 0.3) is 0 Å². The van der Waals surface area contributed by atoms with E-state index in [1.165, 1.54) is 17.8 Å². The van der Waals surface area contributed by atoms with E-state index in [1.54, 1.807) is 27.6 Å². The molecular weight excluding hydrogens is 432 g/mol. The molecule has 0 aromatic carbocycles. The van der Waals surface area contributed by atoms with Crippen LogP contribution in [0.15, 0.2) is 52.5 Å². The minimum atomic E-state index is -0.596. The first-order valence-electron chi connectivity index (χ1n) is 10.4. The highest BCUT2D eigenvalue weighted by molar-refractivity contribution is 7.10. The molecule has 1 atom stereocenters. The van der Waals surface area contributed by atoms with E-state index < -0.39 is 6.04 Å². The molecule has 3 heterocycles. The molecule has 0 saturated heterocycles. The first-order chi connectivity index (χ1) is 14.7. The highest BCUT2D eigenvalue weighted by Crippen LogP contribution is 2.30. The summed E-state index contributed by atoms with van der Waals surface area (Å²) in [5.74, 6) is -0.0662. The van der Waals surface area contributed by atoms with Gasteiger partial charge in [0.25, 0.3) is 0 Å². The van der Waals surface area contributed by atoms with E-state index in [2.05, 4.69) is 5.32 Å². The molecule has 0 bridgehead atoms. The number of thiophene rings is 3. The third kappa shape index (κ3) is 5.39. The summed E-state index contributed by atoms with van der Waals surface area (Å²) in [5.41, 5.74) is 0. The topological polar surface area (TPSA) is 49.4 Å². The molecular formula is C23H26N2O2S3. The first-order valence-corrected chi connectivity index (χ1v) is 13.0. The maximum absolute atomic E-state index is 13.5. The molecule has 7 heteroatoms. The highest BCUT2D eigenvalue weighted by Gasteiger charge is 2.33. The van der Waals surface area contributed by atoms with Gasteiger partial charge in [0, 0.05) is 20.7 Å². The number of amides is 2. The first kappa shape index (κ1) is 21.3. The summed E-state index contributed by atoms with van der Waals surface area (Å²) in [4.78, 5) is 31.7. The van der Waals surface area contributed by atoms with Gasteiger partial charge in [0.2, 0.25) is 11.8 Å². The van der Waals surface area contributed by atoms with Crippen LogP contribution in [0, 0.1) is 0 Å². The van der Waals surface area contributed by atoms with Crippen LogP contribution >= 0.6 is 34.0 Å². The van der Waals surface area contributed by atoms with E-state index in [1.807, 2.05) is 52.5 Å². The Morgan fingerprint density at radius 3 is 2.23 bits per heavy atom. The summed E-state index contributed by atoms with van der Waals surface area (Å²) in [6, 6.07) is 11.5. The van der Waals surface area contributed by atoms with Crippen molar-refractivity contribution in [1.82, 2.24) is 10.2 Å². The number of rotatable bonds is 8. The summed E-state index contributed by atoms with van der Waals surface area (Å²) in [6.45, 7) is 0.447. The van der Waals surface area contributed by atoms with Crippen LogP contribution in [0.2, 0.25) is 0 Å². The lowest BCUT2D eigenvalue weighted by atomic mass is 9.95. The van der Waals surface area contributed by atoms with E-state index in [4.69, 9.17) is 0 Å². The molecule has 3 aromatic rings. The van der Waals surface area contributed by atoms with E-state index >= 15 is 0 Å². The molecule has 4 nitrogen and oxygen atoms in total. The van der Waals surface area contributed by atoms with E-state index in [0.29, 0.717) is 13.0 Å². The Hall–Kier alpha value is -1.96. The van der Waals surface area contributed by atoms with E-state index in [9.17, 15) is 9.59 Å². The van der Waals surface area contributed by atoms with Crippen molar-refractivity contribution < 1.29 is 9.59 Å². The van der Waals surface area contributed by atoms with Crippen LogP contribution in [0.3, 0.4) is 0 Å². The molecule has 0 aliphatic heterocycles. The molecule has 3 aromatic heterocycles. The highest BCUT2D eigenvalue weighted by atomic mass is 32.1. The third-order valence-electron chi connectivity index (χ3n) is 5.46. The number of carbonyl (C=O) groups is 2. The largest absolute Gasteiger partial charge is 0.351 e. The zero-order chi connectivity index (χ0) is 20.8. The zero-order valence-electron chi connectivity index (χ0n) is 16.8. The molecule has 1 saturated carbocycles. The Labute approximate surface area is 189 Å². The van der Waals surface area contributed by atoms with Gasteiger partial charge in [-0.25, -0.2) is 0 Å².